The van der Waals surface area contributed by atoms with Gasteiger partial charge in [-0.15, -0.1) is 11.3 Å². The maximum atomic E-state index is 9.77. The summed E-state index contributed by atoms with van der Waals surface area (Å²) in [7, 11) is 2.04. The van der Waals surface area contributed by atoms with E-state index in [1.54, 1.807) is 11.3 Å². The molecule has 0 saturated carbocycles. The van der Waals surface area contributed by atoms with E-state index in [-0.39, 0.29) is 6.10 Å². The third-order valence-electron chi connectivity index (χ3n) is 2.34. The van der Waals surface area contributed by atoms with Crippen LogP contribution in [0.15, 0.2) is 17.5 Å². The third-order valence-corrected chi connectivity index (χ3v) is 3.20. The van der Waals surface area contributed by atoms with Crippen molar-refractivity contribution in [2.75, 3.05) is 26.7 Å². The van der Waals surface area contributed by atoms with Gasteiger partial charge in [0, 0.05) is 24.5 Å². The fraction of sp³-hybridized carbons (Fsp3) is 0.667. The van der Waals surface area contributed by atoms with Gasteiger partial charge in [-0.2, -0.15) is 0 Å². The van der Waals surface area contributed by atoms with Crippen LogP contribution in [0.25, 0.3) is 0 Å². The quantitative estimate of drug-likeness (QED) is 0.679. The largest absolute Gasteiger partial charge is 0.390 e. The SMILES string of the molecule is CCCNCC(O)CN(C)Cc1cccs1. The predicted molar refractivity (Wildman–Crippen MR) is 69.8 cm³/mol. The number of likely N-dealkylation sites (N-methyl/N-ethyl adjacent to an activating group) is 1. The molecule has 16 heavy (non-hydrogen) atoms. The minimum Gasteiger partial charge on any atom is -0.390 e. The number of aliphatic hydroxyl groups excluding tert-OH is 1. The Morgan fingerprint density at radius 2 is 2.38 bits per heavy atom. The lowest BCUT2D eigenvalue weighted by atomic mass is 10.3. The predicted octanol–water partition coefficient (Wildman–Crippen LogP) is 1.54. The van der Waals surface area contributed by atoms with E-state index in [4.69, 9.17) is 0 Å². The first kappa shape index (κ1) is 13.6. The molecule has 0 aliphatic carbocycles. The van der Waals surface area contributed by atoms with Gasteiger partial charge in [0.1, 0.15) is 0 Å². The van der Waals surface area contributed by atoms with Gasteiger partial charge in [0.05, 0.1) is 6.10 Å². The molecule has 0 aromatic carbocycles. The van der Waals surface area contributed by atoms with E-state index in [9.17, 15) is 5.11 Å². The van der Waals surface area contributed by atoms with Crippen molar-refractivity contribution in [3.8, 4) is 0 Å². The standard InChI is InChI=1S/C12H22N2OS/c1-3-6-13-8-11(15)9-14(2)10-12-5-4-7-16-12/h4-5,7,11,13,15H,3,6,8-10H2,1-2H3. The van der Waals surface area contributed by atoms with Crippen LogP contribution in [0.5, 0.6) is 0 Å². The van der Waals surface area contributed by atoms with E-state index in [1.807, 2.05) is 7.05 Å². The lowest BCUT2D eigenvalue weighted by Gasteiger charge is -2.20. The van der Waals surface area contributed by atoms with Gasteiger partial charge in [-0.3, -0.25) is 4.90 Å². The highest BCUT2D eigenvalue weighted by atomic mass is 32.1. The Morgan fingerprint density at radius 3 is 3.00 bits per heavy atom. The second-order valence-corrected chi connectivity index (χ2v) is 5.17. The lowest BCUT2D eigenvalue weighted by molar-refractivity contribution is 0.122. The summed E-state index contributed by atoms with van der Waals surface area (Å²) in [6, 6.07) is 4.19. The number of nitrogens with one attached hydrogen (secondary N) is 1. The molecular weight excluding hydrogens is 220 g/mol. The van der Waals surface area contributed by atoms with Gasteiger partial charge >= 0.3 is 0 Å². The van der Waals surface area contributed by atoms with Crippen LogP contribution in [0.4, 0.5) is 0 Å². The Balaban J connectivity index is 2.15. The van der Waals surface area contributed by atoms with Gasteiger partial charge in [0.2, 0.25) is 0 Å². The molecule has 4 heteroatoms. The number of nitrogens with zero attached hydrogens (tertiary/aromatic N) is 1. The van der Waals surface area contributed by atoms with Gasteiger partial charge in [-0.1, -0.05) is 13.0 Å². The first-order valence-corrected chi connectivity index (χ1v) is 6.70. The van der Waals surface area contributed by atoms with Crippen LogP contribution in [0.1, 0.15) is 18.2 Å². The smallest absolute Gasteiger partial charge is 0.0791 e. The van der Waals surface area contributed by atoms with Crippen molar-refractivity contribution in [1.82, 2.24) is 10.2 Å². The van der Waals surface area contributed by atoms with Crippen LogP contribution in [0.3, 0.4) is 0 Å². The van der Waals surface area contributed by atoms with E-state index in [0.717, 1.165) is 19.5 Å². The molecule has 1 unspecified atom stereocenters. The molecule has 1 aromatic rings. The first-order valence-electron chi connectivity index (χ1n) is 5.82. The molecule has 0 aliphatic rings. The molecule has 0 saturated heterocycles. The highest BCUT2D eigenvalue weighted by Crippen LogP contribution is 2.10. The summed E-state index contributed by atoms with van der Waals surface area (Å²) in [4.78, 5) is 3.50. The summed E-state index contributed by atoms with van der Waals surface area (Å²) in [6.45, 7) is 5.42. The van der Waals surface area contributed by atoms with Crippen LogP contribution in [0, 0.1) is 0 Å². The minimum atomic E-state index is -0.281. The number of rotatable bonds is 8. The fourth-order valence-corrected chi connectivity index (χ4v) is 2.39. The zero-order valence-corrected chi connectivity index (χ0v) is 11.0. The average Bonchev–Trinajstić information content (AvgIpc) is 2.70. The van der Waals surface area contributed by atoms with Crippen molar-refractivity contribution in [2.24, 2.45) is 0 Å². The van der Waals surface area contributed by atoms with Gasteiger partial charge in [0.25, 0.3) is 0 Å². The summed E-state index contributed by atoms with van der Waals surface area (Å²) in [5, 5.41) is 15.1. The number of hydrogen-bond acceptors (Lipinski definition) is 4. The molecule has 0 radical (unpaired) electrons. The molecule has 1 aromatic heterocycles. The molecule has 0 aliphatic heterocycles. The van der Waals surface area contributed by atoms with E-state index < -0.39 is 0 Å². The van der Waals surface area contributed by atoms with Crippen LogP contribution in [-0.4, -0.2) is 42.8 Å². The second kappa shape index (κ2) is 7.79. The van der Waals surface area contributed by atoms with Crippen LogP contribution >= 0.6 is 11.3 Å². The lowest BCUT2D eigenvalue weighted by Crippen LogP contribution is -2.36. The first-order chi connectivity index (χ1) is 7.72. The number of hydrogen-bond donors (Lipinski definition) is 2. The van der Waals surface area contributed by atoms with Gasteiger partial charge in [-0.05, 0) is 31.5 Å². The van der Waals surface area contributed by atoms with E-state index in [0.29, 0.717) is 13.1 Å². The van der Waals surface area contributed by atoms with Gasteiger partial charge < -0.3 is 10.4 Å². The van der Waals surface area contributed by atoms with Crippen molar-refractivity contribution in [1.29, 1.82) is 0 Å². The molecule has 2 N–H and O–H groups in total. The van der Waals surface area contributed by atoms with Crippen LogP contribution in [-0.2, 0) is 6.54 Å². The topological polar surface area (TPSA) is 35.5 Å². The normalized spacial score (nSPS) is 13.2. The Bertz CT molecular complexity index is 264. The summed E-state index contributed by atoms with van der Waals surface area (Å²) < 4.78 is 0. The number of aliphatic hydroxyl groups is 1. The zero-order chi connectivity index (χ0) is 11.8. The van der Waals surface area contributed by atoms with Crippen molar-refractivity contribution < 1.29 is 5.11 Å². The molecule has 0 bridgehead atoms. The second-order valence-electron chi connectivity index (χ2n) is 4.13. The number of thiophene rings is 1. The summed E-state index contributed by atoms with van der Waals surface area (Å²) in [5.74, 6) is 0. The molecule has 92 valence electrons. The highest BCUT2D eigenvalue weighted by molar-refractivity contribution is 7.09. The Morgan fingerprint density at radius 1 is 1.56 bits per heavy atom. The van der Waals surface area contributed by atoms with Crippen LogP contribution < -0.4 is 5.32 Å². The molecule has 1 rings (SSSR count). The van der Waals surface area contributed by atoms with Crippen molar-refractivity contribution >= 4 is 11.3 Å². The van der Waals surface area contributed by atoms with Crippen molar-refractivity contribution in [2.45, 2.75) is 26.0 Å². The fourth-order valence-electron chi connectivity index (χ4n) is 1.60. The van der Waals surface area contributed by atoms with Crippen molar-refractivity contribution in [3.63, 3.8) is 0 Å². The molecule has 0 fully saturated rings. The zero-order valence-electron chi connectivity index (χ0n) is 10.1. The summed E-state index contributed by atoms with van der Waals surface area (Å²) in [6.07, 6.45) is 0.828. The Hall–Kier alpha value is -0.420. The molecule has 0 spiro atoms. The Labute approximate surface area is 102 Å². The molecular formula is C12H22N2OS. The van der Waals surface area contributed by atoms with Gasteiger partial charge in [-0.25, -0.2) is 0 Å². The molecule has 1 heterocycles. The van der Waals surface area contributed by atoms with Gasteiger partial charge in [0.15, 0.2) is 0 Å². The summed E-state index contributed by atoms with van der Waals surface area (Å²) >= 11 is 1.76. The average molecular weight is 242 g/mol. The minimum absolute atomic E-state index is 0.281. The molecule has 0 amide bonds. The molecule has 3 nitrogen and oxygen atoms in total. The highest BCUT2D eigenvalue weighted by Gasteiger charge is 2.08. The van der Waals surface area contributed by atoms with E-state index in [2.05, 4.69) is 34.7 Å². The van der Waals surface area contributed by atoms with Crippen molar-refractivity contribution in [3.05, 3.63) is 22.4 Å². The summed E-state index contributed by atoms with van der Waals surface area (Å²) in [5.41, 5.74) is 0. The monoisotopic (exact) mass is 242 g/mol. The Kier molecular flexibility index (Phi) is 6.64. The maximum Gasteiger partial charge on any atom is 0.0791 e. The maximum absolute atomic E-state index is 9.77. The van der Waals surface area contributed by atoms with Crippen LogP contribution in [0.2, 0.25) is 0 Å². The van der Waals surface area contributed by atoms with E-state index >= 15 is 0 Å². The third kappa shape index (κ3) is 5.61. The molecule has 1 atom stereocenters. The van der Waals surface area contributed by atoms with E-state index in [1.165, 1.54) is 4.88 Å².